The van der Waals surface area contributed by atoms with Crippen molar-refractivity contribution >= 4 is 11.6 Å². The van der Waals surface area contributed by atoms with Crippen LogP contribution in [0.15, 0.2) is 54.6 Å². The molecular formula is C20H24FN3O. The van der Waals surface area contributed by atoms with Gasteiger partial charge in [0.2, 0.25) is 5.91 Å². The molecule has 0 aromatic heterocycles. The van der Waals surface area contributed by atoms with Gasteiger partial charge in [0.1, 0.15) is 5.82 Å². The van der Waals surface area contributed by atoms with E-state index in [1.165, 1.54) is 6.07 Å². The fourth-order valence-electron chi connectivity index (χ4n) is 3.11. The Balaban J connectivity index is 1.50. The molecule has 1 fully saturated rings. The van der Waals surface area contributed by atoms with Gasteiger partial charge in [-0.2, -0.15) is 0 Å². The van der Waals surface area contributed by atoms with Crippen molar-refractivity contribution in [1.29, 1.82) is 0 Å². The van der Waals surface area contributed by atoms with Crippen molar-refractivity contribution in [2.24, 2.45) is 0 Å². The number of rotatable bonds is 5. The normalized spacial score (nSPS) is 17.2. The van der Waals surface area contributed by atoms with E-state index in [-0.39, 0.29) is 17.8 Å². The van der Waals surface area contributed by atoms with Gasteiger partial charge in [-0.05, 0) is 25.1 Å². The quantitative estimate of drug-likeness (QED) is 0.908. The van der Waals surface area contributed by atoms with Gasteiger partial charge in [-0.15, -0.1) is 0 Å². The standard InChI is InChI=1S/C20H24FN3O/c1-16(20(25)22-18-8-3-2-4-9-18)24-13-11-23(12-14-24)15-17-7-5-6-10-19(17)21/h2-10,16H,11-15H2,1H3,(H,22,25). The number of hydrogen-bond acceptors (Lipinski definition) is 3. The topological polar surface area (TPSA) is 35.6 Å². The Bertz CT molecular complexity index is 699. The minimum atomic E-state index is -0.184. The summed E-state index contributed by atoms with van der Waals surface area (Å²) in [5.74, 6) is -0.144. The van der Waals surface area contributed by atoms with Crippen LogP contribution in [0.25, 0.3) is 0 Å². The summed E-state index contributed by atoms with van der Waals surface area (Å²) in [5.41, 5.74) is 1.54. The van der Waals surface area contributed by atoms with Crippen LogP contribution in [0.3, 0.4) is 0 Å². The summed E-state index contributed by atoms with van der Waals surface area (Å²) in [6, 6.07) is 16.2. The fourth-order valence-corrected chi connectivity index (χ4v) is 3.11. The van der Waals surface area contributed by atoms with E-state index >= 15 is 0 Å². The molecule has 0 spiro atoms. The van der Waals surface area contributed by atoms with Crippen LogP contribution in [0.2, 0.25) is 0 Å². The van der Waals surface area contributed by atoms with Gasteiger partial charge < -0.3 is 5.32 Å². The SMILES string of the molecule is CC(C(=O)Nc1ccccc1)N1CCN(Cc2ccccc2F)CC1. The van der Waals surface area contributed by atoms with Crippen LogP contribution in [-0.2, 0) is 11.3 Å². The van der Waals surface area contributed by atoms with E-state index in [0.29, 0.717) is 6.54 Å². The Morgan fingerprint density at radius 1 is 1.04 bits per heavy atom. The molecule has 4 nitrogen and oxygen atoms in total. The highest BCUT2D eigenvalue weighted by molar-refractivity contribution is 5.94. The van der Waals surface area contributed by atoms with Gasteiger partial charge >= 0.3 is 0 Å². The second-order valence-corrected chi connectivity index (χ2v) is 6.43. The van der Waals surface area contributed by atoms with E-state index in [4.69, 9.17) is 0 Å². The molecule has 5 heteroatoms. The molecule has 2 aromatic carbocycles. The Kier molecular flexibility index (Phi) is 5.79. The highest BCUT2D eigenvalue weighted by atomic mass is 19.1. The predicted molar refractivity (Wildman–Crippen MR) is 97.8 cm³/mol. The van der Waals surface area contributed by atoms with Crippen LogP contribution < -0.4 is 5.32 Å². The van der Waals surface area contributed by atoms with Crippen LogP contribution in [0, 0.1) is 5.82 Å². The number of anilines is 1. The van der Waals surface area contributed by atoms with Crippen molar-refractivity contribution in [2.75, 3.05) is 31.5 Å². The average Bonchev–Trinajstić information content (AvgIpc) is 2.64. The monoisotopic (exact) mass is 341 g/mol. The molecule has 1 aliphatic rings. The smallest absolute Gasteiger partial charge is 0.241 e. The average molecular weight is 341 g/mol. The maximum atomic E-state index is 13.8. The van der Waals surface area contributed by atoms with Gasteiger partial charge in [-0.1, -0.05) is 36.4 Å². The van der Waals surface area contributed by atoms with Gasteiger partial charge in [-0.3, -0.25) is 14.6 Å². The van der Waals surface area contributed by atoms with E-state index in [1.807, 2.05) is 49.4 Å². The maximum Gasteiger partial charge on any atom is 0.241 e. The first-order valence-electron chi connectivity index (χ1n) is 8.69. The molecule has 1 unspecified atom stereocenters. The van der Waals surface area contributed by atoms with E-state index in [2.05, 4.69) is 15.1 Å². The third-order valence-corrected chi connectivity index (χ3v) is 4.73. The van der Waals surface area contributed by atoms with E-state index in [0.717, 1.165) is 37.4 Å². The fraction of sp³-hybridized carbons (Fsp3) is 0.350. The molecule has 0 radical (unpaired) electrons. The zero-order valence-corrected chi connectivity index (χ0v) is 14.5. The summed E-state index contributed by atoms with van der Waals surface area (Å²) in [6.45, 7) is 5.82. The van der Waals surface area contributed by atoms with Crippen molar-refractivity contribution in [2.45, 2.75) is 19.5 Å². The summed E-state index contributed by atoms with van der Waals surface area (Å²) in [6.07, 6.45) is 0. The number of nitrogens with one attached hydrogen (secondary N) is 1. The Labute approximate surface area is 148 Å². The van der Waals surface area contributed by atoms with Crippen LogP contribution in [-0.4, -0.2) is 47.9 Å². The molecular weight excluding hydrogens is 317 g/mol. The molecule has 1 atom stereocenters. The number of benzene rings is 2. The maximum absolute atomic E-state index is 13.8. The molecule has 25 heavy (non-hydrogen) atoms. The van der Waals surface area contributed by atoms with Crippen LogP contribution in [0.5, 0.6) is 0 Å². The van der Waals surface area contributed by atoms with Crippen molar-refractivity contribution in [3.05, 3.63) is 66.0 Å². The van der Waals surface area contributed by atoms with Crippen molar-refractivity contribution < 1.29 is 9.18 Å². The molecule has 2 aromatic rings. The van der Waals surface area contributed by atoms with Gasteiger partial charge in [0.15, 0.2) is 0 Å². The Hall–Kier alpha value is -2.24. The highest BCUT2D eigenvalue weighted by Gasteiger charge is 2.25. The minimum Gasteiger partial charge on any atom is -0.325 e. The van der Waals surface area contributed by atoms with Crippen LogP contribution in [0.4, 0.5) is 10.1 Å². The number of carbonyl (C=O) groups is 1. The van der Waals surface area contributed by atoms with Gasteiger partial charge in [-0.25, -0.2) is 4.39 Å². The summed E-state index contributed by atoms with van der Waals surface area (Å²) in [7, 11) is 0. The van der Waals surface area contributed by atoms with Gasteiger partial charge in [0, 0.05) is 44.0 Å². The second kappa shape index (κ2) is 8.23. The Morgan fingerprint density at radius 3 is 2.36 bits per heavy atom. The number of hydrogen-bond donors (Lipinski definition) is 1. The Morgan fingerprint density at radius 2 is 1.68 bits per heavy atom. The van der Waals surface area contributed by atoms with Gasteiger partial charge in [0.25, 0.3) is 0 Å². The molecule has 1 heterocycles. The van der Waals surface area contributed by atoms with E-state index in [1.54, 1.807) is 6.07 Å². The molecule has 1 saturated heterocycles. The third kappa shape index (κ3) is 4.65. The van der Waals surface area contributed by atoms with Gasteiger partial charge in [0.05, 0.1) is 6.04 Å². The first kappa shape index (κ1) is 17.6. The number of nitrogens with zero attached hydrogens (tertiary/aromatic N) is 2. The zero-order valence-electron chi connectivity index (χ0n) is 14.5. The van der Waals surface area contributed by atoms with Crippen LogP contribution in [0.1, 0.15) is 12.5 Å². The third-order valence-electron chi connectivity index (χ3n) is 4.73. The van der Waals surface area contributed by atoms with Crippen molar-refractivity contribution in [3.8, 4) is 0 Å². The molecule has 0 aliphatic carbocycles. The summed E-state index contributed by atoms with van der Waals surface area (Å²) >= 11 is 0. The summed E-state index contributed by atoms with van der Waals surface area (Å²) < 4.78 is 13.8. The zero-order chi connectivity index (χ0) is 17.6. The first-order valence-corrected chi connectivity index (χ1v) is 8.69. The highest BCUT2D eigenvalue weighted by Crippen LogP contribution is 2.14. The number of carbonyl (C=O) groups excluding carboxylic acids is 1. The first-order chi connectivity index (χ1) is 12.1. The largest absolute Gasteiger partial charge is 0.325 e. The number of piperazine rings is 1. The molecule has 1 amide bonds. The lowest BCUT2D eigenvalue weighted by molar-refractivity contribution is -0.121. The molecule has 0 bridgehead atoms. The number of para-hydroxylation sites is 1. The summed E-state index contributed by atoms with van der Waals surface area (Å²) in [4.78, 5) is 16.8. The van der Waals surface area contributed by atoms with Crippen LogP contribution >= 0.6 is 0 Å². The molecule has 0 saturated carbocycles. The molecule has 1 N–H and O–H groups in total. The molecule has 1 aliphatic heterocycles. The van der Waals surface area contributed by atoms with Crippen molar-refractivity contribution in [1.82, 2.24) is 9.80 Å². The second-order valence-electron chi connectivity index (χ2n) is 6.43. The number of halogens is 1. The summed E-state index contributed by atoms with van der Waals surface area (Å²) in [5, 5.41) is 2.95. The van der Waals surface area contributed by atoms with E-state index < -0.39 is 0 Å². The molecule has 132 valence electrons. The lowest BCUT2D eigenvalue weighted by Gasteiger charge is -2.37. The number of amides is 1. The minimum absolute atomic E-state index is 0.00811. The molecule has 3 rings (SSSR count). The van der Waals surface area contributed by atoms with Crippen molar-refractivity contribution in [3.63, 3.8) is 0 Å². The predicted octanol–water partition coefficient (Wildman–Crippen LogP) is 2.97. The van der Waals surface area contributed by atoms with E-state index in [9.17, 15) is 9.18 Å². The lowest BCUT2D eigenvalue weighted by Crippen LogP contribution is -2.52. The lowest BCUT2D eigenvalue weighted by atomic mass is 10.1.